The van der Waals surface area contributed by atoms with E-state index >= 15 is 0 Å². The lowest BCUT2D eigenvalue weighted by atomic mass is 10.1. The van der Waals surface area contributed by atoms with Crippen LogP contribution in [0.1, 0.15) is 43.6 Å². The summed E-state index contributed by atoms with van der Waals surface area (Å²) in [5.41, 5.74) is 1.30. The summed E-state index contributed by atoms with van der Waals surface area (Å²) >= 11 is 3.32. The first kappa shape index (κ1) is 24.4. The Morgan fingerprint density at radius 3 is 2.35 bits per heavy atom. The van der Waals surface area contributed by atoms with Crippen molar-refractivity contribution in [1.82, 2.24) is 10.2 Å². The molecule has 0 heterocycles. The maximum atomic E-state index is 12.5. The SMILES string of the molecule is C[C@@H](NC(=O)c1ccc(Br)cc1)C(=O)Nc1cccc(CN(C)C(=O)OC(C)(C)C)c1. The third-order valence-electron chi connectivity index (χ3n) is 4.17. The number of benzene rings is 2. The van der Waals surface area contributed by atoms with Crippen LogP contribution in [0.2, 0.25) is 0 Å². The maximum absolute atomic E-state index is 12.5. The average Bonchev–Trinajstić information content (AvgIpc) is 2.67. The standard InChI is InChI=1S/C23H28BrN3O4/c1-15(25-21(29)17-9-11-18(24)12-10-17)20(28)26-19-8-6-7-16(13-19)14-27(5)22(30)31-23(2,3)4/h6-13,15H,14H2,1-5H3,(H,25,29)(H,26,28)/t15-/m1/s1. The molecule has 0 aliphatic carbocycles. The molecule has 1 atom stereocenters. The van der Waals surface area contributed by atoms with Crippen LogP contribution in [-0.4, -0.2) is 41.5 Å². The van der Waals surface area contributed by atoms with E-state index in [0.29, 0.717) is 17.8 Å². The van der Waals surface area contributed by atoms with Crippen molar-refractivity contribution >= 4 is 39.5 Å². The molecular weight excluding hydrogens is 462 g/mol. The van der Waals surface area contributed by atoms with Gasteiger partial charge >= 0.3 is 6.09 Å². The van der Waals surface area contributed by atoms with Crippen LogP contribution in [0, 0.1) is 0 Å². The molecule has 0 bridgehead atoms. The van der Waals surface area contributed by atoms with Crippen molar-refractivity contribution in [1.29, 1.82) is 0 Å². The van der Waals surface area contributed by atoms with Crippen molar-refractivity contribution < 1.29 is 19.1 Å². The summed E-state index contributed by atoms with van der Waals surface area (Å²) in [4.78, 5) is 38.4. The van der Waals surface area contributed by atoms with Crippen LogP contribution in [0.3, 0.4) is 0 Å². The molecule has 2 rings (SSSR count). The molecule has 31 heavy (non-hydrogen) atoms. The van der Waals surface area contributed by atoms with E-state index in [1.165, 1.54) is 4.90 Å². The van der Waals surface area contributed by atoms with Crippen molar-refractivity contribution in [3.05, 3.63) is 64.1 Å². The van der Waals surface area contributed by atoms with Gasteiger partial charge in [0.05, 0.1) is 0 Å². The molecule has 7 nitrogen and oxygen atoms in total. The van der Waals surface area contributed by atoms with Crippen molar-refractivity contribution in [3.8, 4) is 0 Å². The van der Waals surface area contributed by atoms with E-state index in [2.05, 4.69) is 26.6 Å². The van der Waals surface area contributed by atoms with Crippen LogP contribution < -0.4 is 10.6 Å². The molecule has 2 N–H and O–H groups in total. The summed E-state index contributed by atoms with van der Waals surface area (Å²) in [6.07, 6.45) is -0.425. The topological polar surface area (TPSA) is 87.7 Å². The number of hydrogen-bond donors (Lipinski definition) is 2. The molecule has 0 aromatic heterocycles. The number of carbonyl (C=O) groups excluding carboxylic acids is 3. The maximum Gasteiger partial charge on any atom is 0.410 e. The summed E-state index contributed by atoms with van der Waals surface area (Å²) < 4.78 is 6.22. The number of halogens is 1. The number of carbonyl (C=O) groups is 3. The van der Waals surface area contributed by atoms with E-state index < -0.39 is 17.7 Å². The van der Waals surface area contributed by atoms with Crippen LogP contribution in [0.5, 0.6) is 0 Å². The van der Waals surface area contributed by atoms with E-state index in [9.17, 15) is 14.4 Å². The van der Waals surface area contributed by atoms with Crippen LogP contribution >= 0.6 is 15.9 Å². The molecule has 0 saturated heterocycles. The lowest BCUT2D eigenvalue weighted by molar-refractivity contribution is -0.117. The molecule has 0 spiro atoms. The predicted octanol–water partition coefficient (Wildman–Crippen LogP) is 4.57. The van der Waals surface area contributed by atoms with Gasteiger partial charge in [-0.2, -0.15) is 0 Å². The number of nitrogens with zero attached hydrogens (tertiary/aromatic N) is 1. The molecular formula is C23H28BrN3O4. The minimum absolute atomic E-state index is 0.328. The Hall–Kier alpha value is -2.87. The fourth-order valence-corrected chi connectivity index (χ4v) is 2.89. The Morgan fingerprint density at radius 1 is 1.10 bits per heavy atom. The van der Waals surface area contributed by atoms with Gasteiger partial charge in [0.1, 0.15) is 11.6 Å². The normalized spacial score (nSPS) is 11.9. The zero-order valence-corrected chi connectivity index (χ0v) is 19.9. The second-order valence-corrected chi connectivity index (χ2v) is 9.14. The van der Waals surface area contributed by atoms with Gasteiger partial charge in [-0.3, -0.25) is 9.59 Å². The molecule has 0 aliphatic rings. The average molecular weight is 490 g/mol. The van der Waals surface area contributed by atoms with Gasteiger partial charge in [0, 0.05) is 29.3 Å². The monoisotopic (exact) mass is 489 g/mol. The Labute approximate surface area is 191 Å². The zero-order chi connectivity index (χ0) is 23.2. The molecule has 0 unspecified atom stereocenters. The van der Waals surface area contributed by atoms with Gasteiger partial charge in [-0.15, -0.1) is 0 Å². The van der Waals surface area contributed by atoms with Crippen molar-refractivity contribution in [2.75, 3.05) is 12.4 Å². The molecule has 0 fully saturated rings. The summed E-state index contributed by atoms with van der Waals surface area (Å²) in [7, 11) is 1.65. The van der Waals surface area contributed by atoms with Gasteiger partial charge in [-0.05, 0) is 69.7 Å². The van der Waals surface area contributed by atoms with Gasteiger partial charge in [0.15, 0.2) is 0 Å². The van der Waals surface area contributed by atoms with E-state index in [1.807, 2.05) is 26.8 Å². The summed E-state index contributed by atoms with van der Waals surface area (Å²) in [5, 5.41) is 5.48. The zero-order valence-electron chi connectivity index (χ0n) is 18.4. The van der Waals surface area contributed by atoms with Crippen LogP contribution in [0.4, 0.5) is 10.5 Å². The first-order chi connectivity index (χ1) is 14.4. The minimum atomic E-state index is -0.732. The first-order valence-corrected chi connectivity index (χ1v) is 10.6. The van der Waals surface area contributed by atoms with Crippen molar-refractivity contribution in [3.63, 3.8) is 0 Å². The van der Waals surface area contributed by atoms with Gasteiger partial charge in [0.2, 0.25) is 5.91 Å². The largest absolute Gasteiger partial charge is 0.444 e. The number of hydrogen-bond acceptors (Lipinski definition) is 4. The Bertz CT molecular complexity index is 939. The molecule has 0 saturated carbocycles. The Kier molecular flexibility index (Phi) is 8.21. The van der Waals surface area contributed by atoms with Crippen LogP contribution in [0.25, 0.3) is 0 Å². The van der Waals surface area contributed by atoms with Crippen molar-refractivity contribution in [2.24, 2.45) is 0 Å². The highest BCUT2D eigenvalue weighted by Gasteiger charge is 2.20. The number of nitrogens with one attached hydrogen (secondary N) is 2. The fraction of sp³-hybridized carbons (Fsp3) is 0.348. The highest BCUT2D eigenvalue weighted by molar-refractivity contribution is 9.10. The summed E-state index contributed by atoms with van der Waals surface area (Å²) in [6.45, 7) is 7.38. The number of ether oxygens (including phenoxy) is 1. The molecule has 2 aromatic rings. The fourth-order valence-electron chi connectivity index (χ4n) is 2.62. The van der Waals surface area contributed by atoms with E-state index in [0.717, 1.165) is 10.0 Å². The highest BCUT2D eigenvalue weighted by atomic mass is 79.9. The third kappa shape index (κ3) is 8.05. The number of rotatable bonds is 6. The second-order valence-electron chi connectivity index (χ2n) is 8.23. The molecule has 0 radical (unpaired) electrons. The lowest BCUT2D eigenvalue weighted by Gasteiger charge is -2.24. The highest BCUT2D eigenvalue weighted by Crippen LogP contribution is 2.15. The van der Waals surface area contributed by atoms with Gasteiger partial charge in [-0.25, -0.2) is 4.79 Å². The molecule has 3 amide bonds. The quantitative estimate of drug-likeness (QED) is 0.621. The molecule has 8 heteroatoms. The lowest BCUT2D eigenvalue weighted by Crippen LogP contribution is -2.41. The van der Waals surface area contributed by atoms with Crippen LogP contribution in [-0.2, 0) is 16.1 Å². The predicted molar refractivity (Wildman–Crippen MR) is 124 cm³/mol. The second kappa shape index (κ2) is 10.4. The van der Waals surface area contributed by atoms with Crippen molar-refractivity contribution in [2.45, 2.75) is 45.9 Å². The van der Waals surface area contributed by atoms with Gasteiger partial charge < -0.3 is 20.3 Å². The Morgan fingerprint density at radius 2 is 1.74 bits per heavy atom. The summed E-state index contributed by atoms with van der Waals surface area (Å²) in [5.74, 6) is -0.675. The van der Waals surface area contributed by atoms with E-state index in [4.69, 9.17) is 4.74 Å². The van der Waals surface area contributed by atoms with E-state index in [1.54, 1.807) is 56.4 Å². The number of anilines is 1. The van der Waals surface area contributed by atoms with E-state index in [-0.39, 0.29) is 11.8 Å². The first-order valence-electron chi connectivity index (χ1n) is 9.85. The number of amides is 3. The third-order valence-corrected chi connectivity index (χ3v) is 4.70. The molecule has 2 aromatic carbocycles. The van der Waals surface area contributed by atoms with Gasteiger partial charge in [0.25, 0.3) is 5.91 Å². The summed E-state index contributed by atoms with van der Waals surface area (Å²) in [6, 6.07) is 13.3. The van der Waals surface area contributed by atoms with Gasteiger partial charge in [-0.1, -0.05) is 28.1 Å². The molecule has 166 valence electrons. The van der Waals surface area contributed by atoms with Crippen LogP contribution in [0.15, 0.2) is 53.0 Å². The minimum Gasteiger partial charge on any atom is -0.444 e. The smallest absolute Gasteiger partial charge is 0.410 e. The molecule has 0 aliphatic heterocycles. The Balaban J connectivity index is 1.95.